The first-order valence-electron chi connectivity index (χ1n) is 3.92. The monoisotopic (exact) mass is 207 g/mol. The fourth-order valence-corrected chi connectivity index (χ4v) is 1.30. The molecule has 0 aliphatic rings. The average Bonchev–Trinajstić information content (AvgIpc) is 2.63. The van der Waals surface area contributed by atoms with Gasteiger partial charge in [0.1, 0.15) is 16.8 Å². The normalized spacial score (nSPS) is 10.4. The van der Waals surface area contributed by atoms with Crippen LogP contribution < -0.4 is 0 Å². The van der Waals surface area contributed by atoms with E-state index in [4.69, 9.17) is 9.52 Å². The van der Waals surface area contributed by atoms with E-state index in [9.17, 15) is 14.7 Å². The SMILES string of the molecule is O=Cc1cc2ncoc2c(C(=O)O)c1O. The molecule has 2 N–H and O–H groups in total. The van der Waals surface area contributed by atoms with E-state index in [0.717, 1.165) is 6.39 Å². The van der Waals surface area contributed by atoms with Gasteiger partial charge in [-0.15, -0.1) is 0 Å². The molecule has 0 radical (unpaired) electrons. The van der Waals surface area contributed by atoms with Crippen molar-refractivity contribution in [3.63, 3.8) is 0 Å². The molecule has 0 saturated heterocycles. The van der Waals surface area contributed by atoms with Crippen LogP contribution >= 0.6 is 0 Å². The third-order valence-corrected chi connectivity index (χ3v) is 1.97. The number of aromatic nitrogens is 1. The molecule has 1 aromatic carbocycles. The molecule has 0 aliphatic carbocycles. The zero-order valence-corrected chi connectivity index (χ0v) is 7.30. The molecule has 0 bridgehead atoms. The topological polar surface area (TPSA) is 101 Å². The number of hydrogen-bond acceptors (Lipinski definition) is 5. The Bertz CT molecular complexity index is 557. The van der Waals surface area contributed by atoms with Crippen LogP contribution in [0.15, 0.2) is 16.9 Å². The van der Waals surface area contributed by atoms with Crippen molar-refractivity contribution in [1.29, 1.82) is 0 Å². The maximum absolute atomic E-state index is 10.8. The van der Waals surface area contributed by atoms with Crippen LogP contribution in [0.25, 0.3) is 11.1 Å². The van der Waals surface area contributed by atoms with Gasteiger partial charge in [0.2, 0.25) is 0 Å². The molecule has 0 atom stereocenters. The summed E-state index contributed by atoms with van der Waals surface area (Å²) < 4.78 is 4.82. The number of carboxylic acid groups (broad SMARTS) is 1. The highest BCUT2D eigenvalue weighted by molar-refractivity contribution is 6.06. The average molecular weight is 207 g/mol. The first kappa shape index (κ1) is 9.20. The van der Waals surface area contributed by atoms with Crippen LogP contribution in [0.2, 0.25) is 0 Å². The first-order valence-corrected chi connectivity index (χ1v) is 3.92. The van der Waals surface area contributed by atoms with Gasteiger partial charge in [-0.1, -0.05) is 0 Å². The summed E-state index contributed by atoms with van der Waals surface area (Å²) in [5.74, 6) is -1.99. The number of carboxylic acids is 1. The maximum atomic E-state index is 10.8. The number of oxazole rings is 1. The lowest BCUT2D eigenvalue weighted by Gasteiger charge is -2.01. The number of aromatic carboxylic acids is 1. The van der Waals surface area contributed by atoms with E-state index in [2.05, 4.69) is 4.98 Å². The Hall–Kier alpha value is -2.37. The minimum Gasteiger partial charge on any atom is -0.506 e. The van der Waals surface area contributed by atoms with Gasteiger partial charge in [-0.2, -0.15) is 0 Å². The van der Waals surface area contributed by atoms with Crippen molar-refractivity contribution in [2.45, 2.75) is 0 Å². The predicted molar refractivity (Wildman–Crippen MR) is 48.0 cm³/mol. The third-order valence-electron chi connectivity index (χ3n) is 1.97. The van der Waals surface area contributed by atoms with Crippen LogP contribution in [0.4, 0.5) is 0 Å². The number of benzene rings is 1. The lowest BCUT2D eigenvalue weighted by atomic mass is 10.1. The Labute approximate surface area is 82.8 Å². The lowest BCUT2D eigenvalue weighted by Crippen LogP contribution is -2.00. The summed E-state index contributed by atoms with van der Waals surface area (Å²) in [5, 5.41) is 18.3. The van der Waals surface area contributed by atoms with E-state index < -0.39 is 17.3 Å². The van der Waals surface area contributed by atoms with Crippen LogP contribution in [0.1, 0.15) is 20.7 Å². The molecule has 2 aromatic rings. The number of aromatic hydroxyl groups is 1. The van der Waals surface area contributed by atoms with Crippen molar-refractivity contribution in [2.24, 2.45) is 0 Å². The van der Waals surface area contributed by atoms with E-state index in [0.29, 0.717) is 6.29 Å². The molecule has 6 heteroatoms. The molecule has 1 heterocycles. The molecule has 2 rings (SSSR count). The number of carbonyl (C=O) groups is 2. The van der Waals surface area contributed by atoms with Gasteiger partial charge in [0.25, 0.3) is 0 Å². The van der Waals surface area contributed by atoms with Crippen LogP contribution in [0.5, 0.6) is 5.75 Å². The van der Waals surface area contributed by atoms with E-state index in [-0.39, 0.29) is 16.7 Å². The van der Waals surface area contributed by atoms with Crippen LogP contribution in [0.3, 0.4) is 0 Å². The smallest absolute Gasteiger partial charge is 0.343 e. The summed E-state index contributed by atoms with van der Waals surface area (Å²) in [6.45, 7) is 0. The van der Waals surface area contributed by atoms with E-state index in [1.54, 1.807) is 0 Å². The van der Waals surface area contributed by atoms with Crippen molar-refractivity contribution in [3.8, 4) is 5.75 Å². The van der Waals surface area contributed by atoms with Crippen molar-refractivity contribution < 1.29 is 24.2 Å². The second-order valence-electron chi connectivity index (χ2n) is 2.81. The minimum absolute atomic E-state index is 0.0504. The van der Waals surface area contributed by atoms with Gasteiger partial charge in [0.05, 0.1) is 5.56 Å². The highest BCUT2D eigenvalue weighted by Crippen LogP contribution is 2.29. The largest absolute Gasteiger partial charge is 0.506 e. The van der Waals surface area contributed by atoms with Crippen LogP contribution in [-0.2, 0) is 0 Å². The summed E-state index contributed by atoms with van der Waals surface area (Å²) in [4.78, 5) is 25.1. The molecular weight excluding hydrogens is 202 g/mol. The first-order chi connectivity index (χ1) is 7.15. The standard InChI is InChI=1S/C9H5NO5/c11-2-4-1-5-8(15-3-10-5)6(7(4)12)9(13)14/h1-3,12H,(H,13,14). The van der Waals surface area contributed by atoms with Gasteiger partial charge in [-0.05, 0) is 6.07 Å². The molecule has 76 valence electrons. The fraction of sp³-hybridized carbons (Fsp3) is 0. The number of nitrogens with zero attached hydrogens (tertiary/aromatic N) is 1. The Kier molecular flexibility index (Phi) is 1.89. The highest BCUT2D eigenvalue weighted by atomic mass is 16.4. The third kappa shape index (κ3) is 1.23. The quantitative estimate of drug-likeness (QED) is 0.713. The second-order valence-corrected chi connectivity index (χ2v) is 2.81. The second kappa shape index (κ2) is 3.09. The molecule has 0 saturated carbocycles. The van der Waals surface area contributed by atoms with Crippen LogP contribution in [0, 0.1) is 0 Å². The zero-order valence-electron chi connectivity index (χ0n) is 7.30. The Morgan fingerprint density at radius 2 is 2.27 bits per heavy atom. The van der Waals surface area contributed by atoms with Crippen molar-refractivity contribution >= 4 is 23.4 Å². The van der Waals surface area contributed by atoms with Gasteiger partial charge in [-0.25, -0.2) is 9.78 Å². The molecule has 15 heavy (non-hydrogen) atoms. The zero-order chi connectivity index (χ0) is 11.0. The maximum Gasteiger partial charge on any atom is 0.343 e. The molecular formula is C9H5NO5. The predicted octanol–water partition coefficient (Wildman–Crippen LogP) is 1.04. The lowest BCUT2D eigenvalue weighted by molar-refractivity contribution is 0.0694. The summed E-state index contributed by atoms with van der Waals surface area (Å²) in [5.41, 5.74) is -0.418. The number of aldehydes is 1. The number of carbonyl (C=O) groups excluding carboxylic acids is 1. The summed E-state index contributed by atoms with van der Waals surface area (Å²) in [6, 6.07) is 1.26. The van der Waals surface area contributed by atoms with E-state index >= 15 is 0 Å². The molecule has 0 aliphatic heterocycles. The van der Waals surface area contributed by atoms with Crippen LogP contribution in [-0.4, -0.2) is 27.5 Å². The number of rotatable bonds is 2. The Balaban J connectivity index is 2.93. The van der Waals surface area contributed by atoms with E-state index in [1.807, 2.05) is 0 Å². The minimum atomic E-state index is -1.38. The number of phenols is 1. The Morgan fingerprint density at radius 1 is 1.53 bits per heavy atom. The van der Waals surface area contributed by atoms with Crippen molar-refractivity contribution in [2.75, 3.05) is 0 Å². The summed E-state index contributed by atoms with van der Waals surface area (Å²) in [6.07, 6.45) is 1.40. The number of fused-ring (bicyclic) bond motifs is 1. The molecule has 0 fully saturated rings. The Morgan fingerprint density at radius 3 is 2.87 bits per heavy atom. The summed E-state index contributed by atoms with van der Waals surface area (Å²) >= 11 is 0. The van der Waals surface area contributed by atoms with Crippen molar-refractivity contribution in [3.05, 3.63) is 23.6 Å². The van der Waals surface area contributed by atoms with Gasteiger partial charge < -0.3 is 14.6 Å². The van der Waals surface area contributed by atoms with Gasteiger partial charge in [0, 0.05) is 0 Å². The molecule has 0 amide bonds. The van der Waals surface area contributed by atoms with Gasteiger partial charge >= 0.3 is 5.97 Å². The molecule has 0 unspecified atom stereocenters. The fourth-order valence-electron chi connectivity index (χ4n) is 1.30. The van der Waals surface area contributed by atoms with Gasteiger partial charge in [0.15, 0.2) is 18.3 Å². The number of hydrogen-bond donors (Lipinski definition) is 2. The highest BCUT2D eigenvalue weighted by Gasteiger charge is 2.21. The van der Waals surface area contributed by atoms with Crippen molar-refractivity contribution in [1.82, 2.24) is 4.98 Å². The van der Waals surface area contributed by atoms with E-state index in [1.165, 1.54) is 6.07 Å². The summed E-state index contributed by atoms with van der Waals surface area (Å²) in [7, 11) is 0. The molecule has 1 aromatic heterocycles. The molecule has 6 nitrogen and oxygen atoms in total. The molecule has 0 spiro atoms. The van der Waals surface area contributed by atoms with Gasteiger partial charge in [-0.3, -0.25) is 4.79 Å².